The number of rotatable bonds is 3. The molecule has 218 valence electrons. The molecule has 9 nitrogen and oxygen atoms in total. The Balaban J connectivity index is 0.000000239. The van der Waals surface area contributed by atoms with Crippen molar-refractivity contribution in [1.82, 2.24) is 9.80 Å². The largest absolute Gasteiger partial charge is 0.478 e. The minimum atomic E-state index is -1.20. The van der Waals surface area contributed by atoms with E-state index in [4.69, 9.17) is 20.5 Å². The van der Waals surface area contributed by atoms with Crippen molar-refractivity contribution in [3.05, 3.63) is 75.3 Å². The number of likely N-dealkylation sites (N-methyl/N-ethyl adjacent to an activating group) is 1. The molecular weight excluding hydrogens is 524 g/mol. The van der Waals surface area contributed by atoms with Gasteiger partial charge in [0, 0.05) is 26.2 Å². The second-order valence-corrected chi connectivity index (χ2v) is 17.3. The summed E-state index contributed by atoms with van der Waals surface area (Å²) in [5.74, 6) is 0.704. The first-order valence-electron chi connectivity index (χ1n) is 13.5. The highest BCUT2D eigenvalue weighted by atomic mass is 28.3. The number of nitrogens with zero attached hydrogens (tertiary/aromatic N) is 4. The van der Waals surface area contributed by atoms with Gasteiger partial charge < -0.3 is 30.3 Å². The van der Waals surface area contributed by atoms with Crippen molar-refractivity contribution in [2.75, 3.05) is 20.1 Å². The van der Waals surface area contributed by atoms with Gasteiger partial charge in [-0.15, -0.1) is 0 Å². The zero-order valence-electron chi connectivity index (χ0n) is 24.9. The molecule has 0 spiro atoms. The predicted octanol–water partition coefficient (Wildman–Crippen LogP) is 5.01. The van der Waals surface area contributed by atoms with Crippen LogP contribution in [0.5, 0.6) is 0 Å². The molecule has 2 aromatic carbocycles. The van der Waals surface area contributed by atoms with Crippen LogP contribution in [0.15, 0.2) is 36.4 Å². The monoisotopic (exact) mass is 568 g/mol. The molecule has 0 saturated carbocycles. The molecule has 10 heteroatoms. The molecule has 0 bridgehead atoms. The third-order valence-corrected chi connectivity index (χ3v) is 7.11. The van der Waals surface area contributed by atoms with Crippen LogP contribution >= 0.6 is 0 Å². The average Bonchev–Trinajstić information content (AvgIpc) is 2.86. The Morgan fingerprint density at radius 3 is 2.15 bits per heavy atom. The molecule has 2 heterocycles. The SMILES string of the molecule is CC(C)(C)OC(=O)N1CCc2cc(C(=O)O)ccc2C1.CN1CCc2cc(CO)ccc2C1.C[Si](C)(C)C=[N+]=[N-]. The maximum absolute atomic E-state index is 12.0. The Morgan fingerprint density at radius 1 is 1.00 bits per heavy atom. The first kappa shape index (κ1) is 32.9. The van der Waals surface area contributed by atoms with Crippen molar-refractivity contribution >= 4 is 26.0 Å². The normalized spacial score (nSPS) is 14.7. The smallest absolute Gasteiger partial charge is 0.410 e. The lowest BCUT2D eigenvalue weighted by Crippen LogP contribution is -2.39. The molecule has 2 aliphatic rings. The molecule has 0 fully saturated rings. The lowest BCUT2D eigenvalue weighted by molar-refractivity contribution is 0.00677. The highest BCUT2D eigenvalue weighted by Crippen LogP contribution is 2.22. The molecular formula is C30H44N4O5Si. The van der Waals surface area contributed by atoms with E-state index in [0.717, 1.165) is 36.2 Å². The van der Waals surface area contributed by atoms with Gasteiger partial charge in [-0.3, -0.25) is 0 Å². The Kier molecular flexibility index (Phi) is 11.8. The summed E-state index contributed by atoms with van der Waals surface area (Å²) in [7, 11) is 0.943. The second kappa shape index (κ2) is 14.4. The summed E-state index contributed by atoms with van der Waals surface area (Å²) in [6.07, 6.45) is 1.43. The van der Waals surface area contributed by atoms with E-state index in [2.05, 4.69) is 48.5 Å². The number of hydrogen-bond acceptors (Lipinski definition) is 5. The van der Waals surface area contributed by atoms with Crippen molar-refractivity contribution in [3.8, 4) is 0 Å². The molecule has 4 rings (SSSR count). The number of benzene rings is 2. The molecule has 0 atom stereocenters. The lowest BCUT2D eigenvalue weighted by Gasteiger charge is -2.31. The van der Waals surface area contributed by atoms with Gasteiger partial charge in [-0.05, 0) is 80.6 Å². The van der Waals surface area contributed by atoms with E-state index in [-0.39, 0.29) is 18.3 Å². The molecule has 0 radical (unpaired) electrons. The highest BCUT2D eigenvalue weighted by Gasteiger charge is 2.26. The van der Waals surface area contributed by atoms with E-state index >= 15 is 0 Å². The maximum atomic E-state index is 12.0. The number of aromatic carboxylic acids is 1. The molecule has 0 saturated heterocycles. The summed E-state index contributed by atoms with van der Waals surface area (Å²) in [4.78, 5) is 29.9. The fraction of sp³-hybridized carbons (Fsp3) is 0.500. The molecule has 2 N–H and O–H groups in total. The first-order chi connectivity index (χ1) is 18.6. The van der Waals surface area contributed by atoms with Crippen molar-refractivity contribution in [2.45, 2.75) is 78.6 Å². The number of carboxylic acid groups (broad SMARTS) is 1. The third kappa shape index (κ3) is 11.1. The number of hydrogen-bond donors (Lipinski definition) is 2. The molecule has 2 aromatic rings. The fourth-order valence-corrected chi connectivity index (χ4v) is 4.53. The fourth-order valence-electron chi connectivity index (χ4n) is 4.19. The van der Waals surface area contributed by atoms with Crippen LogP contribution in [-0.4, -0.2) is 76.5 Å². The minimum absolute atomic E-state index is 0.156. The van der Waals surface area contributed by atoms with Gasteiger partial charge >= 0.3 is 12.1 Å². The summed E-state index contributed by atoms with van der Waals surface area (Å²) < 4.78 is 5.35. The molecule has 40 heavy (non-hydrogen) atoms. The van der Waals surface area contributed by atoms with Gasteiger partial charge in [-0.2, -0.15) is 4.79 Å². The van der Waals surface area contributed by atoms with E-state index in [1.54, 1.807) is 28.9 Å². The minimum Gasteiger partial charge on any atom is -0.478 e. The van der Waals surface area contributed by atoms with Crippen LogP contribution < -0.4 is 0 Å². The number of aliphatic hydroxyl groups is 1. The number of carbonyl (C=O) groups is 2. The van der Waals surface area contributed by atoms with Crippen LogP contribution in [0.1, 0.15) is 58.9 Å². The van der Waals surface area contributed by atoms with E-state index in [9.17, 15) is 9.59 Å². The van der Waals surface area contributed by atoms with Gasteiger partial charge in [0.1, 0.15) is 5.60 Å². The Bertz CT molecular complexity index is 1230. The van der Waals surface area contributed by atoms with Crippen molar-refractivity contribution in [1.29, 1.82) is 0 Å². The quantitative estimate of drug-likeness (QED) is 0.232. The Hall–Kier alpha value is -3.30. The van der Waals surface area contributed by atoms with E-state index in [0.29, 0.717) is 19.5 Å². The summed E-state index contributed by atoms with van der Waals surface area (Å²) in [5.41, 5.74) is 13.6. The van der Waals surface area contributed by atoms with Crippen molar-refractivity contribution < 1.29 is 29.3 Å². The van der Waals surface area contributed by atoms with Crippen LogP contribution in [0.4, 0.5) is 4.79 Å². The second-order valence-electron chi connectivity index (χ2n) is 12.3. The zero-order chi connectivity index (χ0) is 30.1. The van der Waals surface area contributed by atoms with Crippen molar-refractivity contribution in [2.24, 2.45) is 0 Å². The number of aliphatic hydroxyl groups excluding tert-OH is 1. The highest BCUT2D eigenvalue weighted by molar-refractivity contribution is 6.98. The number of fused-ring (bicyclic) bond motifs is 2. The lowest BCUT2D eigenvalue weighted by atomic mass is 9.97. The van der Waals surface area contributed by atoms with Crippen LogP contribution in [0, 0.1) is 0 Å². The molecule has 2 aliphatic heterocycles. The van der Waals surface area contributed by atoms with Crippen LogP contribution in [0.2, 0.25) is 19.6 Å². The molecule has 0 unspecified atom stereocenters. The summed E-state index contributed by atoms with van der Waals surface area (Å²) in [6, 6.07) is 11.3. The molecule has 0 aliphatic carbocycles. The van der Waals surface area contributed by atoms with Crippen molar-refractivity contribution in [3.63, 3.8) is 0 Å². The van der Waals surface area contributed by atoms with Gasteiger partial charge in [0.05, 0.1) is 12.2 Å². The van der Waals surface area contributed by atoms with Gasteiger partial charge in [-0.25, -0.2) is 9.59 Å². The van der Waals surface area contributed by atoms with E-state index in [1.807, 2.05) is 26.8 Å². The van der Waals surface area contributed by atoms with Gasteiger partial charge in [0.2, 0.25) is 5.84 Å². The maximum Gasteiger partial charge on any atom is 0.410 e. The molecule has 0 aromatic heterocycles. The topological polar surface area (TPSA) is 127 Å². The number of ether oxygens (including phenoxy) is 1. The summed E-state index contributed by atoms with van der Waals surface area (Å²) >= 11 is 0. The average molecular weight is 569 g/mol. The number of amides is 1. The van der Waals surface area contributed by atoms with Crippen LogP contribution in [0.25, 0.3) is 5.53 Å². The van der Waals surface area contributed by atoms with E-state index in [1.165, 1.54) is 11.1 Å². The van der Waals surface area contributed by atoms with Gasteiger partial charge in [0.25, 0.3) is 0 Å². The van der Waals surface area contributed by atoms with Crippen LogP contribution in [0.3, 0.4) is 0 Å². The standard InChI is InChI=1S/C15H19NO4.C11H15NO.C4H10N2Si/c1-15(2,3)20-14(19)16-7-6-10-8-11(13(17)18)4-5-12(10)9-16;1-12-5-4-10-6-9(8-13)2-3-11(10)7-12;1-7(2,3)4-6-5/h4-5,8H,6-7,9H2,1-3H3,(H,17,18);2-3,6,13H,4-5,7-8H2,1H3;4H,1-3H3. The first-order valence-corrected chi connectivity index (χ1v) is 17.1. The van der Waals surface area contributed by atoms with Crippen LogP contribution in [-0.2, 0) is 37.3 Å². The Labute approximate surface area is 239 Å². The van der Waals surface area contributed by atoms with Gasteiger partial charge in [0.15, 0.2) is 8.07 Å². The predicted molar refractivity (Wildman–Crippen MR) is 159 cm³/mol. The number of carboxylic acids is 1. The van der Waals surface area contributed by atoms with E-state index < -0.39 is 19.6 Å². The van der Waals surface area contributed by atoms with Gasteiger partial charge in [-0.1, -0.05) is 43.9 Å². The Morgan fingerprint density at radius 2 is 1.60 bits per heavy atom. The summed E-state index contributed by atoms with van der Waals surface area (Å²) in [6.45, 7) is 15.2. The zero-order valence-corrected chi connectivity index (χ0v) is 25.9. The molecule has 1 amide bonds. The third-order valence-electron chi connectivity index (χ3n) is 6.22. The summed E-state index contributed by atoms with van der Waals surface area (Å²) in [5, 5.41) is 18.0. The number of carbonyl (C=O) groups excluding carboxylic acids is 1.